The molecule has 2 aromatic rings. The summed E-state index contributed by atoms with van der Waals surface area (Å²) in [5.41, 5.74) is 4.82. The average Bonchev–Trinajstić information content (AvgIpc) is 2.83. The number of hydrogen-bond acceptors (Lipinski definition) is 3. The molecule has 1 amide bonds. The van der Waals surface area contributed by atoms with Crippen LogP contribution in [0.5, 0.6) is 5.75 Å². The second-order valence-electron chi connectivity index (χ2n) is 7.44. The van der Waals surface area contributed by atoms with Crippen LogP contribution in [0.2, 0.25) is 0 Å². The van der Waals surface area contributed by atoms with Gasteiger partial charge in [-0.15, -0.1) is 0 Å². The highest BCUT2D eigenvalue weighted by molar-refractivity contribution is 5.76. The van der Waals surface area contributed by atoms with Crippen molar-refractivity contribution in [2.24, 2.45) is 0 Å². The molecule has 0 aliphatic carbocycles. The molecule has 144 valence electrons. The van der Waals surface area contributed by atoms with E-state index in [1.807, 2.05) is 11.0 Å². The number of unbranched alkanes of at least 4 members (excludes halogenated alkanes) is 1. The molecule has 4 nitrogen and oxygen atoms in total. The number of nitrogens with zero attached hydrogens (tertiary/aromatic N) is 2. The molecule has 0 atom stereocenters. The Hall–Kier alpha value is -2.49. The molecular formula is C23H30N2O2. The van der Waals surface area contributed by atoms with E-state index in [0.29, 0.717) is 19.6 Å². The smallest absolute Gasteiger partial charge is 0.222 e. The maximum Gasteiger partial charge on any atom is 0.222 e. The normalized spacial score (nSPS) is 13.9. The van der Waals surface area contributed by atoms with Gasteiger partial charge < -0.3 is 14.5 Å². The number of rotatable bonds is 6. The molecular weight excluding hydrogens is 336 g/mol. The molecule has 0 spiro atoms. The van der Waals surface area contributed by atoms with E-state index in [1.165, 1.54) is 16.8 Å². The number of ether oxygens (including phenoxy) is 1. The molecule has 0 saturated carbocycles. The number of amides is 1. The van der Waals surface area contributed by atoms with Crippen LogP contribution in [0.3, 0.4) is 0 Å². The number of fused-ring (bicyclic) bond motifs is 1. The van der Waals surface area contributed by atoms with E-state index < -0.39 is 0 Å². The number of carbonyl (C=O) groups excluding carboxylic acids is 1. The third kappa shape index (κ3) is 5.03. The third-order valence-electron chi connectivity index (χ3n) is 5.21. The highest BCUT2D eigenvalue weighted by Crippen LogP contribution is 2.24. The van der Waals surface area contributed by atoms with Crippen LogP contribution < -0.4 is 9.64 Å². The molecule has 0 saturated heterocycles. The molecule has 2 aromatic carbocycles. The lowest BCUT2D eigenvalue weighted by atomic mass is 10.1. The maximum atomic E-state index is 12.7. The Morgan fingerprint density at radius 3 is 2.74 bits per heavy atom. The van der Waals surface area contributed by atoms with E-state index in [-0.39, 0.29) is 5.91 Å². The van der Waals surface area contributed by atoms with E-state index in [1.54, 1.807) is 0 Å². The predicted molar refractivity (Wildman–Crippen MR) is 110 cm³/mol. The molecule has 0 radical (unpaired) electrons. The lowest BCUT2D eigenvalue weighted by Crippen LogP contribution is -2.34. The van der Waals surface area contributed by atoms with Crippen LogP contribution >= 0.6 is 0 Å². The monoisotopic (exact) mass is 366 g/mol. The molecule has 27 heavy (non-hydrogen) atoms. The molecule has 4 heteroatoms. The van der Waals surface area contributed by atoms with Crippen molar-refractivity contribution < 1.29 is 9.53 Å². The van der Waals surface area contributed by atoms with Crippen molar-refractivity contribution in [3.8, 4) is 5.75 Å². The fourth-order valence-corrected chi connectivity index (χ4v) is 3.49. The number of aryl methyl sites for hydroxylation is 2. The molecule has 1 aliphatic rings. The van der Waals surface area contributed by atoms with Crippen LogP contribution in [0.4, 0.5) is 5.69 Å². The summed E-state index contributed by atoms with van der Waals surface area (Å²) >= 11 is 0. The molecule has 0 bridgehead atoms. The lowest BCUT2D eigenvalue weighted by molar-refractivity contribution is -0.131. The second kappa shape index (κ2) is 8.94. The zero-order chi connectivity index (χ0) is 19.2. The largest absolute Gasteiger partial charge is 0.493 e. The number of hydrogen-bond donors (Lipinski definition) is 0. The molecule has 1 heterocycles. The molecule has 0 N–H and O–H groups in total. The van der Waals surface area contributed by atoms with E-state index in [4.69, 9.17) is 4.74 Å². The van der Waals surface area contributed by atoms with Crippen molar-refractivity contribution in [1.29, 1.82) is 0 Å². The van der Waals surface area contributed by atoms with E-state index in [9.17, 15) is 4.79 Å². The van der Waals surface area contributed by atoms with Gasteiger partial charge >= 0.3 is 0 Å². The number of carbonyl (C=O) groups is 1. The van der Waals surface area contributed by atoms with E-state index in [2.05, 4.69) is 62.2 Å². The van der Waals surface area contributed by atoms with Crippen LogP contribution in [0.1, 0.15) is 36.0 Å². The van der Waals surface area contributed by atoms with E-state index >= 15 is 0 Å². The summed E-state index contributed by atoms with van der Waals surface area (Å²) in [4.78, 5) is 16.9. The van der Waals surface area contributed by atoms with Gasteiger partial charge in [0.15, 0.2) is 0 Å². The molecule has 0 fully saturated rings. The van der Waals surface area contributed by atoms with E-state index in [0.717, 1.165) is 37.2 Å². The van der Waals surface area contributed by atoms with Crippen LogP contribution in [0.25, 0.3) is 0 Å². The van der Waals surface area contributed by atoms with Gasteiger partial charge in [0, 0.05) is 38.8 Å². The third-order valence-corrected chi connectivity index (χ3v) is 5.21. The Kier molecular flexibility index (Phi) is 6.38. The quantitative estimate of drug-likeness (QED) is 0.713. The molecule has 0 unspecified atom stereocenters. The second-order valence-corrected chi connectivity index (χ2v) is 7.44. The van der Waals surface area contributed by atoms with Gasteiger partial charge in [-0.05, 0) is 55.5 Å². The summed E-state index contributed by atoms with van der Waals surface area (Å²) in [6, 6.07) is 14.6. The summed E-state index contributed by atoms with van der Waals surface area (Å²) in [6.07, 6.45) is 2.34. The zero-order valence-electron chi connectivity index (χ0n) is 16.7. The number of likely N-dealkylation sites (N-methyl/N-ethyl adjacent to an activating group) is 1. The van der Waals surface area contributed by atoms with Gasteiger partial charge in [-0.2, -0.15) is 0 Å². The van der Waals surface area contributed by atoms with Gasteiger partial charge in [-0.25, -0.2) is 0 Å². The first-order valence-corrected chi connectivity index (χ1v) is 9.81. The topological polar surface area (TPSA) is 32.8 Å². The minimum absolute atomic E-state index is 0.242. The highest BCUT2D eigenvalue weighted by atomic mass is 16.5. The summed E-state index contributed by atoms with van der Waals surface area (Å²) in [5.74, 6) is 1.19. The first-order chi connectivity index (χ1) is 13.0. The van der Waals surface area contributed by atoms with Crippen molar-refractivity contribution >= 4 is 11.6 Å². The van der Waals surface area contributed by atoms with Gasteiger partial charge in [0.25, 0.3) is 0 Å². The van der Waals surface area contributed by atoms with Gasteiger partial charge in [0.2, 0.25) is 5.91 Å². The number of benzene rings is 2. The minimum atomic E-state index is 0.242. The first-order valence-electron chi connectivity index (χ1n) is 9.81. The van der Waals surface area contributed by atoms with Crippen molar-refractivity contribution in [3.05, 3.63) is 59.2 Å². The highest BCUT2D eigenvalue weighted by Gasteiger charge is 2.20. The van der Waals surface area contributed by atoms with Crippen LogP contribution in [-0.4, -0.2) is 37.6 Å². The number of para-hydroxylation sites is 1. The Morgan fingerprint density at radius 2 is 1.89 bits per heavy atom. The van der Waals surface area contributed by atoms with Crippen molar-refractivity contribution in [1.82, 2.24) is 4.90 Å². The average molecular weight is 367 g/mol. The molecule has 3 rings (SSSR count). The van der Waals surface area contributed by atoms with Crippen molar-refractivity contribution in [2.45, 2.75) is 39.7 Å². The zero-order valence-corrected chi connectivity index (χ0v) is 16.7. The van der Waals surface area contributed by atoms with Gasteiger partial charge in [0.05, 0.1) is 6.61 Å². The first kappa shape index (κ1) is 19.3. The lowest BCUT2D eigenvalue weighted by Gasteiger charge is -2.21. The number of anilines is 1. The Balaban J connectivity index is 1.45. The van der Waals surface area contributed by atoms with Crippen molar-refractivity contribution in [3.63, 3.8) is 0 Å². The Bertz CT molecular complexity index is 788. The molecule has 1 aliphatic heterocycles. The minimum Gasteiger partial charge on any atom is -0.493 e. The summed E-state index contributed by atoms with van der Waals surface area (Å²) < 4.78 is 5.89. The van der Waals surface area contributed by atoms with Gasteiger partial charge in [0.1, 0.15) is 5.75 Å². The predicted octanol–water partition coefficient (Wildman–Crippen LogP) is 4.33. The van der Waals surface area contributed by atoms with Crippen LogP contribution in [-0.2, 0) is 11.3 Å². The summed E-state index contributed by atoms with van der Waals surface area (Å²) in [6.45, 7) is 7.15. The summed E-state index contributed by atoms with van der Waals surface area (Å²) in [5, 5.41) is 0. The van der Waals surface area contributed by atoms with Gasteiger partial charge in [-0.1, -0.05) is 30.3 Å². The fraction of sp³-hybridized carbons (Fsp3) is 0.435. The molecule has 0 aromatic heterocycles. The van der Waals surface area contributed by atoms with Crippen molar-refractivity contribution in [2.75, 3.05) is 31.6 Å². The van der Waals surface area contributed by atoms with Crippen LogP contribution in [0.15, 0.2) is 42.5 Å². The Labute approximate surface area is 162 Å². The fourth-order valence-electron chi connectivity index (χ4n) is 3.49. The van der Waals surface area contributed by atoms with Gasteiger partial charge in [-0.3, -0.25) is 4.79 Å². The SMILES string of the molecule is Cc1ccc(C)c(OCCCCC(=O)N2CCN(C)c3ccccc3C2)c1. The van der Waals surface area contributed by atoms with Crippen LogP contribution in [0, 0.1) is 13.8 Å². The summed E-state index contributed by atoms with van der Waals surface area (Å²) in [7, 11) is 2.09. The standard InChI is InChI=1S/C23H30N2O2/c1-18-11-12-19(2)22(16-18)27-15-7-6-10-23(26)25-14-13-24(3)21-9-5-4-8-20(21)17-25/h4-5,8-9,11-12,16H,6-7,10,13-15,17H2,1-3H3. The maximum absolute atomic E-state index is 12.7. The Morgan fingerprint density at radius 1 is 1.07 bits per heavy atom.